The second kappa shape index (κ2) is 7.47. The van der Waals surface area contributed by atoms with E-state index in [9.17, 15) is 10.2 Å². The molecule has 30 heavy (non-hydrogen) atoms. The van der Waals surface area contributed by atoms with Crippen LogP contribution in [0, 0.1) is 51.2 Å². The van der Waals surface area contributed by atoms with E-state index in [1.165, 1.54) is 38.5 Å². The minimum absolute atomic E-state index is 0.152. The Bertz CT molecular complexity index is 645. The van der Waals surface area contributed by atoms with Crippen LogP contribution in [0.25, 0.3) is 0 Å². The van der Waals surface area contributed by atoms with Crippen molar-refractivity contribution in [1.82, 2.24) is 0 Å². The van der Waals surface area contributed by atoms with Gasteiger partial charge in [0.1, 0.15) is 0 Å². The summed E-state index contributed by atoms with van der Waals surface area (Å²) in [6.07, 6.45) is 11.5. The molecular weight excluding hydrogens is 368 g/mol. The molecule has 0 aromatic rings. The van der Waals surface area contributed by atoms with Gasteiger partial charge in [0.25, 0.3) is 0 Å². The van der Waals surface area contributed by atoms with Gasteiger partial charge in [-0.2, -0.15) is 0 Å². The Kier molecular flexibility index (Phi) is 5.75. The van der Waals surface area contributed by atoms with Crippen molar-refractivity contribution < 1.29 is 10.2 Å². The summed E-state index contributed by atoms with van der Waals surface area (Å²) in [5.41, 5.74) is 1.24. The summed E-state index contributed by atoms with van der Waals surface area (Å²) < 4.78 is 0. The van der Waals surface area contributed by atoms with Crippen LogP contribution in [0.5, 0.6) is 0 Å². The lowest BCUT2D eigenvalue weighted by Crippen LogP contribution is -2.64. The molecule has 2 nitrogen and oxygen atoms in total. The van der Waals surface area contributed by atoms with E-state index < -0.39 is 0 Å². The maximum absolute atomic E-state index is 11.6. The van der Waals surface area contributed by atoms with Gasteiger partial charge >= 0.3 is 0 Å². The molecule has 4 saturated carbocycles. The number of hydrogen-bond donors (Lipinski definition) is 2. The van der Waals surface area contributed by atoms with Crippen molar-refractivity contribution in [2.75, 3.05) is 0 Å². The van der Waals surface area contributed by atoms with Crippen molar-refractivity contribution in [2.45, 2.75) is 125 Å². The number of rotatable bonds is 4. The highest BCUT2D eigenvalue weighted by molar-refractivity contribution is 5.18. The van der Waals surface area contributed by atoms with E-state index in [4.69, 9.17) is 0 Å². The molecule has 10 atom stereocenters. The van der Waals surface area contributed by atoms with Gasteiger partial charge in [-0.1, -0.05) is 54.9 Å². The van der Waals surface area contributed by atoms with Crippen LogP contribution in [0.15, 0.2) is 0 Å². The Balaban J connectivity index is 1.65. The Morgan fingerprint density at radius 3 is 2.10 bits per heavy atom. The van der Waals surface area contributed by atoms with Crippen LogP contribution in [0.2, 0.25) is 0 Å². The van der Waals surface area contributed by atoms with Gasteiger partial charge in [0.05, 0.1) is 12.2 Å². The number of hydrogen-bond acceptors (Lipinski definition) is 2. The topological polar surface area (TPSA) is 40.5 Å². The predicted molar refractivity (Wildman–Crippen MR) is 125 cm³/mol. The standard InChI is InChI=1S/C28H50O2/c1-18(2)8-9-19(3)25(4)13-11-22-24-23(30)17-20-16-21(29)10-12-26(20,5)28(24,7)15-14-27(22,25)6/h18-24,29-30H,8-17H2,1-7H3/t19-,20+,21-,22+,23-,24-,25-,26+,27+,28+/m1/s1. The first-order valence-electron chi connectivity index (χ1n) is 13.3. The minimum atomic E-state index is -0.184. The average molecular weight is 419 g/mol. The molecule has 4 fully saturated rings. The van der Waals surface area contributed by atoms with Gasteiger partial charge in [-0.3, -0.25) is 0 Å². The molecule has 0 saturated heterocycles. The third-order valence-corrected chi connectivity index (χ3v) is 12.4. The first-order valence-corrected chi connectivity index (χ1v) is 13.3. The number of fused-ring (bicyclic) bond motifs is 5. The first kappa shape index (κ1) is 23.1. The van der Waals surface area contributed by atoms with Gasteiger partial charge in [0.15, 0.2) is 0 Å². The lowest BCUT2D eigenvalue weighted by atomic mass is 9.36. The second-order valence-electron chi connectivity index (χ2n) is 13.6. The van der Waals surface area contributed by atoms with E-state index >= 15 is 0 Å². The van der Waals surface area contributed by atoms with Crippen molar-refractivity contribution in [3.05, 3.63) is 0 Å². The molecular formula is C28H50O2. The molecule has 0 aromatic heterocycles. The van der Waals surface area contributed by atoms with E-state index in [0.717, 1.165) is 37.5 Å². The molecule has 0 aromatic carbocycles. The molecule has 0 aliphatic heterocycles. The first-order chi connectivity index (χ1) is 13.9. The van der Waals surface area contributed by atoms with Gasteiger partial charge in [-0.25, -0.2) is 0 Å². The van der Waals surface area contributed by atoms with Crippen molar-refractivity contribution in [3.63, 3.8) is 0 Å². The number of aliphatic hydroxyl groups is 2. The quantitative estimate of drug-likeness (QED) is 0.525. The lowest BCUT2D eigenvalue weighted by Gasteiger charge is -2.69. The SMILES string of the molecule is CC(C)CC[C@@H](C)[C@@]1(C)CC[C@H]2[C@@H]3[C@H](O)C[C@@H]4C[C@H](O)CC[C@]4(C)[C@@]3(C)CC[C@@]21C. The molecule has 174 valence electrons. The summed E-state index contributed by atoms with van der Waals surface area (Å²) in [5.74, 6) is 3.12. The molecule has 2 heteroatoms. The molecule has 0 heterocycles. The van der Waals surface area contributed by atoms with Crippen LogP contribution in [0.4, 0.5) is 0 Å². The Morgan fingerprint density at radius 2 is 1.43 bits per heavy atom. The second-order valence-corrected chi connectivity index (χ2v) is 13.6. The van der Waals surface area contributed by atoms with Crippen LogP contribution in [-0.4, -0.2) is 22.4 Å². The van der Waals surface area contributed by atoms with E-state index in [0.29, 0.717) is 28.6 Å². The summed E-state index contributed by atoms with van der Waals surface area (Å²) in [5, 5.41) is 21.9. The Hall–Kier alpha value is -0.0800. The molecule has 0 radical (unpaired) electrons. The van der Waals surface area contributed by atoms with Crippen LogP contribution in [0.3, 0.4) is 0 Å². The average Bonchev–Trinajstić information content (AvgIpc) is 2.94. The zero-order valence-electron chi connectivity index (χ0n) is 21.0. The van der Waals surface area contributed by atoms with Crippen LogP contribution < -0.4 is 0 Å². The van der Waals surface area contributed by atoms with Gasteiger partial charge in [-0.15, -0.1) is 0 Å². The van der Waals surface area contributed by atoms with Crippen LogP contribution >= 0.6 is 0 Å². The maximum atomic E-state index is 11.6. The molecule has 0 amide bonds. The fourth-order valence-electron chi connectivity index (χ4n) is 9.65. The van der Waals surface area contributed by atoms with Gasteiger partial charge in [-0.05, 0) is 109 Å². The third-order valence-electron chi connectivity index (χ3n) is 12.4. The summed E-state index contributed by atoms with van der Waals surface area (Å²) in [6.45, 7) is 17.5. The van der Waals surface area contributed by atoms with Crippen molar-refractivity contribution >= 4 is 0 Å². The molecule has 0 bridgehead atoms. The summed E-state index contributed by atoms with van der Waals surface area (Å²) >= 11 is 0. The van der Waals surface area contributed by atoms with Crippen LogP contribution in [-0.2, 0) is 0 Å². The molecule has 0 unspecified atom stereocenters. The summed E-state index contributed by atoms with van der Waals surface area (Å²) in [7, 11) is 0. The lowest BCUT2D eigenvalue weighted by molar-refractivity contribution is -0.230. The number of aliphatic hydroxyl groups excluding tert-OH is 2. The monoisotopic (exact) mass is 418 g/mol. The Labute approximate surface area is 186 Å². The van der Waals surface area contributed by atoms with E-state index in [-0.39, 0.29) is 23.0 Å². The van der Waals surface area contributed by atoms with Crippen molar-refractivity contribution in [3.8, 4) is 0 Å². The zero-order chi connectivity index (χ0) is 22.1. The van der Waals surface area contributed by atoms with E-state index in [2.05, 4.69) is 48.5 Å². The molecule has 4 rings (SSSR count). The van der Waals surface area contributed by atoms with Gasteiger partial charge in [0, 0.05) is 0 Å². The largest absolute Gasteiger partial charge is 0.393 e. The minimum Gasteiger partial charge on any atom is -0.393 e. The fraction of sp³-hybridized carbons (Fsp3) is 1.00. The Morgan fingerprint density at radius 1 is 0.767 bits per heavy atom. The van der Waals surface area contributed by atoms with E-state index in [1.54, 1.807) is 0 Å². The third kappa shape index (κ3) is 3.01. The van der Waals surface area contributed by atoms with Crippen molar-refractivity contribution in [1.29, 1.82) is 0 Å². The molecule has 4 aliphatic carbocycles. The maximum Gasteiger partial charge on any atom is 0.0579 e. The highest BCUT2D eigenvalue weighted by Crippen LogP contribution is 2.75. The van der Waals surface area contributed by atoms with Gasteiger partial charge < -0.3 is 10.2 Å². The van der Waals surface area contributed by atoms with Crippen LogP contribution in [0.1, 0.15) is 113 Å². The molecule has 4 aliphatic rings. The highest BCUT2D eigenvalue weighted by Gasteiger charge is 2.69. The zero-order valence-corrected chi connectivity index (χ0v) is 21.0. The summed E-state index contributed by atoms with van der Waals surface area (Å²) in [6, 6.07) is 0. The molecule has 0 spiro atoms. The van der Waals surface area contributed by atoms with E-state index in [1.807, 2.05) is 0 Å². The van der Waals surface area contributed by atoms with Gasteiger partial charge in [0.2, 0.25) is 0 Å². The van der Waals surface area contributed by atoms with Crippen molar-refractivity contribution in [2.24, 2.45) is 51.2 Å². The fourth-order valence-corrected chi connectivity index (χ4v) is 9.65. The smallest absolute Gasteiger partial charge is 0.0579 e. The normalized spacial score (nSPS) is 54.4. The summed E-state index contributed by atoms with van der Waals surface area (Å²) in [4.78, 5) is 0. The molecule has 2 N–H and O–H groups in total. The highest BCUT2D eigenvalue weighted by atomic mass is 16.3. The predicted octanol–water partition coefficient (Wildman–Crippen LogP) is 6.83.